The SMILES string of the molecule is O=C(Nc1ccc2c(c1)Cc1ccccc1-2)[C@@H]1CC(=O)N(Cc2ccccc2)C1. The van der Waals surface area contributed by atoms with Gasteiger partial charge in [0, 0.05) is 25.2 Å². The number of carbonyl (C=O) groups excluding carboxylic acids is 2. The summed E-state index contributed by atoms with van der Waals surface area (Å²) in [4.78, 5) is 26.9. The molecule has 1 saturated heterocycles. The minimum Gasteiger partial charge on any atom is -0.338 e. The third kappa shape index (κ3) is 3.42. The van der Waals surface area contributed by atoms with Gasteiger partial charge in [-0.15, -0.1) is 0 Å². The molecule has 0 aromatic heterocycles. The van der Waals surface area contributed by atoms with Gasteiger partial charge in [0.1, 0.15) is 0 Å². The van der Waals surface area contributed by atoms with Gasteiger partial charge < -0.3 is 10.2 Å². The number of carbonyl (C=O) groups is 2. The molecule has 0 saturated carbocycles. The maximum atomic E-state index is 12.8. The van der Waals surface area contributed by atoms with Gasteiger partial charge in [-0.25, -0.2) is 0 Å². The van der Waals surface area contributed by atoms with Crippen LogP contribution in [-0.4, -0.2) is 23.3 Å². The van der Waals surface area contributed by atoms with E-state index in [9.17, 15) is 9.59 Å². The Bertz CT molecular complexity index is 1090. The molecule has 0 radical (unpaired) electrons. The van der Waals surface area contributed by atoms with Crippen molar-refractivity contribution in [2.24, 2.45) is 5.92 Å². The van der Waals surface area contributed by atoms with Gasteiger partial charge in [-0.1, -0.05) is 60.7 Å². The number of amides is 2. The second kappa shape index (κ2) is 7.21. The molecule has 2 amide bonds. The first-order valence-electron chi connectivity index (χ1n) is 10.0. The lowest BCUT2D eigenvalue weighted by Gasteiger charge is -2.17. The monoisotopic (exact) mass is 382 g/mol. The highest BCUT2D eigenvalue weighted by molar-refractivity contribution is 5.97. The second-order valence-electron chi connectivity index (χ2n) is 7.86. The van der Waals surface area contributed by atoms with Crippen LogP contribution in [0.15, 0.2) is 72.8 Å². The van der Waals surface area contributed by atoms with Crippen LogP contribution in [0.5, 0.6) is 0 Å². The van der Waals surface area contributed by atoms with Crippen LogP contribution in [0.4, 0.5) is 5.69 Å². The zero-order chi connectivity index (χ0) is 19.8. The molecule has 4 heteroatoms. The fraction of sp³-hybridized carbons (Fsp3) is 0.200. The smallest absolute Gasteiger partial charge is 0.229 e. The van der Waals surface area contributed by atoms with Crippen LogP contribution in [0, 0.1) is 5.92 Å². The summed E-state index contributed by atoms with van der Waals surface area (Å²) in [5, 5.41) is 3.03. The van der Waals surface area contributed by atoms with E-state index in [1.165, 1.54) is 22.3 Å². The van der Waals surface area contributed by atoms with Crippen molar-refractivity contribution in [2.75, 3.05) is 11.9 Å². The van der Waals surface area contributed by atoms with E-state index in [1.54, 1.807) is 4.90 Å². The molecule has 4 nitrogen and oxygen atoms in total. The summed E-state index contributed by atoms with van der Waals surface area (Å²) in [5.74, 6) is -0.348. The molecule has 0 spiro atoms. The number of nitrogens with one attached hydrogen (secondary N) is 1. The number of nitrogens with zero attached hydrogens (tertiary/aromatic N) is 1. The molecule has 1 fully saturated rings. The Kier molecular flexibility index (Phi) is 4.39. The normalized spacial score (nSPS) is 17.2. The highest BCUT2D eigenvalue weighted by Crippen LogP contribution is 2.37. The molecule has 1 heterocycles. The summed E-state index contributed by atoms with van der Waals surface area (Å²) in [5.41, 5.74) is 6.96. The summed E-state index contributed by atoms with van der Waals surface area (Å²) in [6, 6.07) is 24.4. The van der Waals surface area contributed by atoms with Gasteiger partial charge >= 0.3 is 0 Å². The Hall–Kier alpha value is -3.40. The molecule has 1 N–H and O–H groups in total. The van der Waals surface area contributed by atoms with Crippen LogP contribution in [0.25, 0.3) is 11.1 Å². The molecule has 2 aliphatic rings. The number of likely N-dealkylation sites (tertiary alicyclic amines) is 1. The van der Waals surface area contributed by atoms with E-state index in [1.807, 2.05) is 36.4 Å². The molecule has 0 bridgehead atoms. The Morgan fingerprint density at radius 2 is 1.69 bits per heavy atom. The average Bonchev–Trinajstić information content (AvgIpc) is 3.29. The average molecular weight is 382 g/mol. The maximum Gasteiger partial charge on any atom is 0.229 e. The summed E-state index contributed by atoms with van der Waals surface area (Å²) in [6.07, 6.45) is 1.16. The fourth-order valence-electron chi connectivity index (χ4n) is 4.37. The second-order valence-corrected chi connectivity index (χ2v) is 7.86. The van der Waals surface area contributed by atoms with Crippen molar-refractivity contribution in [3.8, 4) is 11.1 Å². The third-order valence-corrected chi connectivity index (χ3v) is 5.86. The van der Waals surface area contributed by atoms with Gasteiger partial charge in [0.15, 0.2) is 0 Å². The molecule has 29 heavy (non-hydrogen) atoms. The van der Waals surface area contributed by atoms with Crippen molar-refractivity contribution in [3.63, 3.8) is 0 Å². The predicted molar refractivity (Wildman–Crippen MR) is 113 cm³/mol. The standard InChI is InChI=1S/C25H22N2O2/c28-24-14-20(16-27(24)15-17-6-2-1-3-7-17)25(29)26-21-10-11-23-19(13-21)12-18-8-4-5-9-22(18)23/h1-11,13,20H,12,14-16H2,(H,26,29)/t20-/m1/s1. The lowest BCUT2D eigenvalue weighted by Crippen LogP contribution is -2.28. The number of anilines is 1. The first-order valence-corrected chi connectivity index (χ1v) is 10.0. The topological polar surface area (TPSA) is 49.4 Å². The van der Waals surface area contributed by atoms with Crippen LogP contribution in [0.2, 0.25) is 0 Å². The van der Waals surface area contributed by atoms with Crippen LogP contribution in [0.3, 0.4) is 0 Å². The molecule has 3 aromatic carbocycles. The van der Waals surface area contributed by atoms with E-state index in [0.717, 1.165) is 17.7 Å². The Balaban J connectivity index is 1.26. The molecule has 3 aromatic rings. The van der Waals surface area contributed by atoms with E-state index in [-0.39, 0.29) is 24.2 Å². The van der Waals surface area contributed by atoms with Gasteiger partial charge in [-0.2, -0.15) is 0 Å². The van der Waals surface area contributed by atoms with Crippen molar-refractivity contribution in [2.45, 2.75) is 19.4 Å². The molecule has 5 rings (SSSR count). The number of benzene rings is 3. The van der Waals surface area contributed by atoms with Gasteiger partial charge in [0.2, 0.25) is 11.8 Å². The Morgan fingerprint density at radius 3 is 2.55 bits per heavy atom. The summed E-state index contributed by atoms with van der Waals surface area (Å²) in [6.45, 7) is 1.02. The van der Waals surface area contributed by atoms with E-state index >= 15 is 0 Å². The lowest BCUT2D eigenvalue weighted by molar-refractivity contribution is -0.128. The van der Waals surface area contributed by atoms with E-state index in [2.05, 4.69) is 41.7 Å². The zero-order valence-corrected chi connectivity index (χ0v) is 16.1. The highest BCUT2D eigenvalue weighted by Gasteiger charge is 2.34. The number of rotatable bonds is 4. The van der Waals surface area contributed by atoms with Gasteiger partial charge in [-0.05, 0) is 46.4 Å². The van der Waals surface area contributed by atoms with Gasteiger partial charge in [0.05, 0.1) is 5.92 Å². The third-order valence-electron chi connectivity index (χ3n) is 5.86. The minimum absolute atomic E-state index is 0.0402. The Labute approximate surface area is 170 Å². The predicted octanol–water partition coefficient (Wildman–Crippen LogP) is 4.25. The number of hydrogen-bond donors (Lipinski definition) is 1. The fourth-order valence-corrected chi connectivity index (χ4v) is 4.37. The summed E-state index contributed by atoms with van der Waals surface area (Å²) < 4.78 is 0. The summed E-state index contributed by atoms with van der Waals surface area (Å²) >= 11 is 0. The zero-order valence-electron chi connectivity index (χ0n) is 16.1. The molecule has 1 aliphatic heterocycles. The van der Waals surface area contributed by atoms with Gasteiger partial charge in [-0.3, -0.25) is 9.59 Å². The first kappa shape index (κ1) is 17.7. The molecule has 144 valence electrons. The van der Waals surface area contributed by atoms with E-state index in [4.69, 9.17) is 0 Å². The van der Waals surface area contributed by atoms with E-state index < -0.39 is 0 Å². The first-order chi connectivity index (χ1) is 14.2. The van der Waals surface area contributed by atoms with E-state index in [0.29, 0.717) is 13.1 Å². The molecular formula is C25H22N2O2. The van der Waals surface area contributed by atoms with Crippen LogP contribution < -0.4 is 5.32 Å². The number of fused-ring (bicyclic) bond motifs is 3. The van der Waals surface area contributed by atoms with Crippen LogP contribution in [-0.2, 0) is 22.6 Å². The highest BCUT2D eigenvalue weighted by atomic mass is 16.2. The number of hydrogen-bond acceptors (Lipinski definition) is 2. The molecular weight excluding hydrogens is 360 g/mol. The van der Waals surface area contributed by atoms with Crippen LogP contribution >= 0.6 is 0 Å². The largest absolute Gasteiger partial charge is 0.338 e. The quantitative estimate of drug-likeness (QED) is 0.574. The van der Waals surface area contributed by atoms with Crippen molar-refractivity contribution in [1.29, 1.82) is 0 Å². The van der Waals surface area contributed by atoms with Crippen molar-refractivity contribution in [1.82, 2.24) is 4.90 Å². The van der Waals surface area contributed by atoms with Crippen LogP contribution in [0.1, 0.15) is 23.1 Å². The summed E-state index contributed by atoms with van der Waals surface area (Å²) in [7, 11) is 0. The maximum absolute atomic E-state index is 12.8. The van der Waals surface area contributed by atoms with Gasteiger partial charge in [0.25, 0.3) is 0 Å². The lowest BCUT2D eigenvalue weighted by atomic mass is 10.0. The minimum atomic E-state index is -0.309. The van der Waals surface area contributed by atoms with Crippen molar-refractivity contribution >= 4 is 17.5 Å². The molecule has 1 aliphatic carbocycles. The van der Waals surface area contributed by atoms with Crippen molar-refractivity contribution < 1.29 is 9.59 Å². The van der Waals surface area contributed by atoms with Crippen molar-refractivity contribution in [3.05, 3.63) is 89.5 Å². The Morgan fingerprint density at radius 1 is 0.931 bits per heavy atom. The molecule has 0 unspecified atom stereocenters. The molecule has 1 atom stereocenters.